The first-order chi connectivity index (χ1) is 14.3. The Morgan fingerprint density at radius 1 is 1.06 bits per heavy atom. The van der Waals surface area contributed by atoms with Crippen molar-refractivity contribution in [1.82, 2.24) is 5.32 Å². The molecule has 0 fully saturated rings. The molecule has 5 atom stereocenters. The number of ether oxygens (including phenoxy) is 1. The largest absolute Gasteiger partial charge is 0.504 e. The van der Waals surface area contributed by atoms with Gasteiger partial charge < -0.3 is 55.1 Å². The third kappa shape index (κ3) is 12.1. The molecular formula is C16H28NO13P. The number of phosphoric acid groups is 1. The molecule has 31 heavy (non-hydrogen) atoms. The molecule has 0 radical (unpaired) electrons. The number of aliphatic hydroxyl groups is 5. The van der Waals surface area contributed by atoms with E-state index in [4.69, 9.17) is 40.1 Å². The van der Waals surface area contributed by atoms with Crippen molar-refractivity contribution >= 4 is 14.1 Å². The van der Waals surface area contributed by atoms with Crippen LogP contribution in [0.3, 0.4) is 0 Å². The van der Waals surface area contributed by atoms with Gasteiger partial charge in [0.2, 0.25) is 0 Å². The van der Waals surface area contributed by atoms with Gasteiger partial charge in [0.15, 0.2) is 17.8 Å². The number of hydrogen-bond donors (Lipinski definition) is 10. The fraction of sp³-hybridized carbons (Fsp3) is 0.562. The van der Waals surface area contributed by atoms with Crippen LogP contribution in [-0.2, 0) is 18.6 Å². The molecule has 0 spiro atoms. The molecule has 0 saturated heterocycles. The normalized spacial score (nSPS) is 16.4. The van der Waals surface area contributed by atoms with Gasteiger partial charge in [-0.3, -0.25) is 9.84 Å². The number of rotatable bonds is 12. The van der Waals surface area contributed by atoms with Gasteiger partial charge in [0.05, 0.1) is 19.4 Å². The van der Waals surface area contributed by atoms with Crippen molar-refractivity contribution < 1.29 is 64.2 Å². The molecule has 0 aliphatic rings. The molecule has 15 heteroatoms. The third-order valence-corrected chi connectivity index (χ3v) is 4.10. The molecule has 0 saturated carbocycles. The molecule has 0 bridgehead atoms. The number of aldehydes is 1. The Kier molecular flexibility index (Phi) is 13.6. The van der Waals surface area contributed by atoms with Gasteiger partial charge in [-0.1, -0.05) is 6.07 Å². The molecule has 14 nitrogen and oxygen atoms in total. The van der Waals surface area contributed by atoms with Gasteiger partial charge in [0.1, 0.15) is 24.4 Å². The van der Waals surface area contributed by atoms with Gasteiger partial charge in [-0.15, -0.1) is 0 Å². The van der Waals surface area contributed by atoms with Crippen LogP contribution < -0.4 is 5.32 Å². The lowest BCUT2D eigenvalue weighted by molar-refractivity contribution is -0.136. The van der Waals surface area contributed by atoms with Crippen molar-refractivity contribution in [3.63, 3.8) is 0 Å². The van der Waals surface area contributed by atoms with Crippen LogP contribution in [0.5, 0.6) is 11.5 Å². The van der Waals surface area contributed by atoms with Gasteiger partial charge in [0, 0.05) is 13.7 Å². The van der Waals surface area contributed by atoms with Crippen molar-refractivity contribution in [1.29, 1.82) is 0 Å². The molecule has 1 rings (SSSR count). The molecule has 0 heterocycles. The lowest BCUT2D eigenvalue weighted by Crippen LogP contribution is -2.46. The highest BCUT2D eigenvalue weighted by atomic mass is 31.2. The zero-order chi connectivity index (χ0) is 24.2. The predicted molar refractivity (Wildman–Crippen MR) is 103 cm³/mol. The van der Waals surface area contributed by atoms with Gasteiger partial charge in [0.25, 0.3) is 0 Å². The van der Waals surface area contributed by atoms with Crippen LogP contribution in [0, 0.1) is 0 Å². The van der Waals surface area contributed by atoms with Gasteiger partial charge in [-0.2, -0.15) is 0 Å². The number of phenols is 2. The molecule has 1 aromatic rings. The van der Waals surface area contributed by atoms with Crippen LogP contribution in [0.4, 0.5) is 0 Å². The minimum Gasteiger partial charge on any atom is -0.504 e. The molecule has 180 valence electrons. The van der Waals surface area contributed by atoms with E-state index >= 15 is 0 Å². The van der Waals surface area contributed by atoms with Crippen molar-refractivity contribution in [3.05, 3.63) is 23.8 Å². The van der Waals surface area contributed by atoms with E-state index in [0.717, 1.165) is 0 Å². The summed E-state index contributed by atoms with van der Waals surface area (Å²) in [5.74, 6) is -0.436. The minimum atomic E-state index is -4.80. The lowest BCUT2D eigenvalue weighted by atomic mass is 10.0. The topological polar surface area (TPSA) is 247 Å². The van der Waals surface area contributed by atoms with Gasteiger partial charge in [-0.25, -0.2) is 4.57 Å². The summed E-state index contributed by atoms with van der Waals surface area (Å²) in [5, 5.41) is 66.8. The maximum Gasteiger partial charge on any atom is 0.469 e. The van der Waals surface area contributed by atoms with Crippen LogP contribution in [-0.4, -0.2) is 103 Å². The van der Waals surface area contributed by atoms with E-state index < -0.39 is 44.9 Å². The Morgan fingerprint density at radius 3 is 2.16 bits per heavy atom. The summed E-state index contributed by atoms with van der Waals surface area (Å²) in [4.78, 5) is 26.6. The number of phosphoric ester groups is 1. The second-order valence-corrected chi connectivity index (χ2v) is 7.35. The molecule has 10 N–H and O–H groups in total. The monoisotopic (exact) mass is 473 g/mol. The van der Waals surface area contributed by atoms with Crippen molar-refractivity contribution in [2.75, 3.05) is 27.0 Å². The Bertz CT molecular complexity index is 700. The van der Waals surface area contributed by atoms with E-state index in [9.17, 15) is 19.6 Å². The van der Waals surface area contributed by atoms with E-state index in [-0.39, 0.29) is 17.8 Å². The average molecular weight is 473 g/mol. The SMILES string of the molecule is COCNCC(O)c1ccc(O)c(O)c1.O=CC(O)C(O)C(O)C(O)COP(=O)(O)O. The first-order valence-electron chi connectivity index (χ1n) is 8.61. The van der Waals surface area contributed by atoms with Crippen LogP contribution in [0.25, 0.3) is 0 Å². The minimum absolute atomic E-state index is 0.0650. The van der Waals surface area contributed by atoms with E-state index in [1.54, 1.807) is 13.2 Å². The predicted octanol–water partition coefficient (Wildman–Crippen LogP) is -2.94. The molecule has 0 amide bonds. The summed E-state index contributed by atoms with van der Waals surface area (Å²) >= 11 is 0. The van der Waals surface area contributed by atoms with E-state index in [2.05, 4.69) is 9.84 Å². The Balaban J connectivity index is 0.000000581. The van der Waals surface area contributed by atoms with E-state index in [0.29, 0.717) is 18.8 Å². The third-order valence-electron chi connectivity index (χ3n) is 3.62. The summed E-state index contributed by atoms with van der Waals surface area (Å²) in [7, 11) is -3.26. The highest BCUT2D eigenvalue weighted by molar-refractivity contribution is 7.46. The molecule has 1 aromatic carbocycles. The second kappa shape index (κ2) is 14.4. The van der Waals surface area contributed by atoms with E-state index in [1.165, 1.54) is 12.1 Å². The molecule has 0 aliphatic carbocycles. The van der Waals surface area contributed by atoms with Crippen LogP contribution in [0.1, 0.15) is 11.7 Å². The zero-order valence-corrected chi connectivity index (χ0v) is 17.3. The van der Waals surface area contributed by atoms with Crippen LogP contribution in [0.15, 0.2) is 18.2 Å². The van der Waals surface area contributed by atoms with Gasteiger partial charge >= 0.3 is 7.82 Å². The van der Waals surface area contributed by atoms with Gasteiger partial charge in [-0.05, 0) is 17.7 Å². The van der Waals surface area contributed by atoms with Crippen molar-refractivity contribution in [3.8, 4) is 11.5 Å². The number of carbonyl (C=O) groups excluding carboxylic acids is 1. The van der Waals surface area contributed by atoms with Crippen LogP contribution in [0.2, 0.25) is 0 Å². The Labute approximate surface area is 177 Å². The number of benzene rings is 1. The number of methoxy groups -OCH3 is 1. The number of carbonyl (C=O) groups is 1. The summed E-state index contributed by atoms with van der Waals surface area (Å²) in [6.45, 7) is -0.298. The van der Waals surface area contributed by atoms with Crippen molar-refractivity contribution in [2.24, 2.45) is 0 Å². The zero-order valence-electron chi connectivity index (χ0n) is 16.4. The number of aromatic hydroxyl groups is 2. The lowest BCUT2D eigenvalue weighted by Gasteiger charge is -2.23. The van der Waals surface area contributed by atoms with Crippen LogP contribution >= 0.6 is 7.82 Å². The fourth-order valence-corrected chi connectivity index (χ4v) is 2.29. The number of hydrogen-bond acceptors (Lipinski definition) is 12. The highest BCUT2D eigenvalue weighted by Gasteiger charge is 2.31. The summed E-state index contributed by atoms with van der Waals surface area (Å²) in [5.41, 5.74) is 0.536. The summed E-state index contributed by atoms with van der Waals surface area (Å²) in [6, 6.07) is 4.22. The molecule has 5 unspecified atom stereocenters. The standard InChI is InChI=1S/C10H15NO4.C6H13O9P/c1-15-6-11-5-10(14)7-2-3-8(12)9(13)4-7;7-1-3(8)5(10)6(11)4(9)2-15-16(12,13)14/h2-4,10-14H,5-6H2,1H3;1,3-6,8-11H,2H2,(H2,12,13,14). The Hall–Kier alpha value is -1.68. The molecular weight excluding hydrogens is 445 g/mol. The molecule has 0 aliphatic heterocycles. The number of nitrogens with one attached hydrogen (secondary N) is 1. The Morgan fingerprint density at radius 2 is 1.68 bits per heavy atom. The first-order valence-corrected chi connectivity index (χ1v) is 10.1. The highest BCUT2D eigenvalue weighted by Crippen LogP contribution is 2.35. The van der Waals surface area contributed by atoms with E-state index in [1.807, 2.05) is 0 Å². The maximum atomic E-state index is 10.2. The first kappa shape index (κ1) is 29.3. The smallest absolute Gasteiger partial charge is 0.469 e. The summed E-state index contributed by atoms with van der Waals surface area (Å²) in [6.07, 6.45) is -8.55. The maximum absolute atomic E-state index is 10.2. The second-order valence-electron chi connectivity index (χ2n) is 6.11. The fourth-order valence-electron chi connectivity index (χ4n) is 1.95. The summed E-state index contributed by atoms with van der Waals surface area (Å²) < 4.78 is 18.8. The number of phenolic OH excluding ortho intramolecular Hbond substituents is 2. The molecule has 0 aromatic heterocycles. The van der Waals surface area contributed by atoms with Crippen molar-refractivity contribution in [2.45, 2.75) is 30.5 Å². The number of aliphatic hydroxyl groups excluding tert-OH is 5. The quantitative estimate of drug-likeness (QED) is 0.0480. The average Bonchev–Trinajstić information content (AvgIpc) is 2.72.